The van der Waals surface area contributed by atoms with Gasteiger partial charge in [-0.15, -0.1) is 0 Å². The fourth-order valence-electron chi connectivity index (χ4n) is 5.20. The summed E-state index contributed by atoms with van der Waals surface area (Å²) < 4.78 is 47.6. The molecule has 166 valence electrons. The minimum atomic E-state index is -0.561. The van der Waals surface area contributed by atoms with E-state index in [9.17, 15) is 0 Å². The Morgan fingerprint density at radius 1 is 0.806 bits per heavy atom. The molecule has 0 amide bonds. The zero-order valence-electron chi connectivity index (χ0n) is 18.1. The van der Waals surface area contributed by atoms with E-state index in [0.29, 0.717) is 23.3 Å². The van der Waals surface area contributed by atoms with Crippen LogP contribution < -0.4 is 9.47 Å². The van der Waals surface area contributed by atoms with Crippen molar-refractivity contribution in [3.8, 4) is 11.5 Å². The van der Waals surface area contributed by atoms with Gasteiger partial charge in [0.15, 0.2) is 22.7 Å². The van der Waals surface area contributed by atoms with Gasteiger partial charge in [-0.05, 0) is 74.6 Å². The van der Waals surface area contributed by atoms with Crippen LogP contribution in [-0.4, -0.2) is 12.7 Å². The van der Waals surface area contributed by atoms with Gasteiger partial charge in [-0.3, -0.25) is 0 Å². The van der Waals surface area contributed by atoms with E-state index < -0.39 is 11.6 Å². The number of fused-ring (bicyclic) bond motifs is 3. The van der Waals surface area contributed by atoms with Crippen molar-refractivity contribution in [3.05, 3.63) is 35.9 Å². The maximum Gasteiger partial charge on any atom is 0.208 e. The van der Waals surface area contributed by atoms with E-state index in [1.165, 1.54) is 19.3 Å². The van der Waals surface area contributed by atoms with Crippen LogP contribution in [0.3, 0.4) is 0 Å². The van der Waals surface area contributed by atoms with Crippen molar-refractivity contribution in [3.63, 3.8) is 0 Å². The van der Waals surface area contributed by atoms with Gasteiger partial charge in [0.1, 0.15) is 0 Å². The normalized spacial score (nSPS) is 22.4. The molecule has 1 aromatic heterocycles. The Bertz CT molecular complexity index is 1060. The Labute approximate surface area is 181 Å². The Balaban J connectivity index is 1.37. The van der Waals surface area contributed by atoms with Crippen molar-refractivity contribution < 1.29 is 22.7 Å². The average Bonchev–Trinajstić information content (AvgIpc) is 3.44. The molecule has 2 aromatic carbocycles. The van der Waals surface area contributed by atoms with Crippen LogP contribution in [0.25, 0.3) is 21.9 Å². The van der Waals surface area contributed by atoms with Gasteiger partial charge in [0.2, 0.25) is 11.6 Å². The third-order valence-corrected chi connectivity index (χ3v) is 7.23. The second-order valence-electron chi connectivity index (χ2n) is 9.24. The lowest BCUT2D eigenvalue weighted by atomic mass is 9.81. The number of halogens is 2. The lowest BCUT2D eigenvalue weighted by molar-refractivity contribution is 0.177. The third kappa shape index (κ3) is 3.99. The van der Waals surface area contributed by atoms with Crippen LogP contribution in [0.1, 0.15) is 64.7 Å². The predicted molar refractivity (Wildman–Crippen MR) is 118 cm³/mol. The second-order valence-corrected chi connectivity index (χ2v) is 9.24. The van der Waals surface area contributed by atoms with E-state index in [-0.39, 0.29) is 28.8 Å². The summed E-state index contributed by atoms with van der Waals surface area (Å²) in [5.41, 5.74) is 0.0820. The molecule has 2 saturated carbocycles. The van der Waals surface area contributed by atoms with E-state index in [0.717, 1.165) is 44.4 Å². The van der Waals surface area contributed by atoms with Crippen molar-refractivity contribution in [2.45, 2.75) is 70.8 Å². The molecule has 1 heterocycles. The molecule has 2 aliphatic rings. The van der Waals surface area contributed by atoms with Crippen molar-refractivity contribution in [1.29, 1.82) is 0 Å². The first-order chi connectivity index (χ1) is 15.1. The zero-order valence-corrected chi connectivity index (χ0v) is 18.1. The van der Waals surface area contributed by atoms with Gasteiger partial charge in [-0.25, -0.2) is 0 Å². The summed E-state index contributed by atoms with van der Waals surface area (Å²) in [6, 6.07) is 6.76. The van der Waals surface area contributed by atoms with Crippen molar-refractivity contribution in [2.24, 2.45) is 11.8 Å². The SMILES string of the molecule is CCC1CCC(COc2ccc3c(oc4c(F)c(OC5CCCC5)ccc43)c2F)CC1. The topological polar surface area (TPSA) is 31.6 Å². The molecule has 2 fully saturated rings. The number of ether oxygens (including phenoxy) is 2. The highest BCUT2D eigenvalue weighted by atomic mass is 19.1. The molecule has 31 heavy (non-hydrogen) atoms. The predicted octanol–water partition coefficient (Wildman–Crippen LogP) is 7.78. The zero-order chi connectivity index (χ0) is 21.4. The highest BCUT2D eigenvalue weighted by molar-refractivity contribution is 6.06. The van der Waals surface area contributed by atoms with Crippen LogP contribution in [-0.2, 0) is 0 Å². The number of furan rings is 1. The van der Waals surface area contributed by atoms with Crippen LogP contribution in [0, 0.1) is 23.5 Å². The van der Waals surface area contributed by atoms with E-state index in [2.05, 4.69) is 6.92 Å². The first-order valence-electron chi connectivity index (χ1n) is 11.8. The Hall–Kier alpha value is -2.30. The van der Waals surface area contributed by atoms with Gasteiger partial charge in [0, 0.05) is 10.8 Å². The van der Waals surface area contributed by atoms with E-state index in [1.54, 1.807) is 24.3 Å². The minimum Gasteiger partial charge on any atom is -0.490 e. The van der Waals surface area contributed by atoms with Gasteiger partial charge in [0.25, 0.3) is 0 Å². The fourth-order valence-corrected chi connectivity index (χ4v) is 5.20. The summed E-state index contributed by atoms with van der Waals surface area (Å²) in [5, 5.41) is 1.10. The Kier molecular flexibility index (Phi) is 5.77. The lowest BCUT2D eigenvalue weighted by Gasteiger charge is -2.27. The molecule has 3 aromatic rings. The Morgan fingerprint density at radius 3 is 2.03 bits per heavy atom. The van der Waals surface area contributed by atoms with Gasteiger partial charge in [-0.2, -0.15) is 8.78 Å². The molecular weight excluding hydrogens is 398 g/mol. The van der Waals surface area contributed by atoms with Gasteiger partial charge in [-0.1, -0.05) is 26.2 Å². The molecular formula is C26H30F2O3. The van der Waals surface area contributed by atoms with Crippen molar-refractivity contribution in [2.75, 3.05) is 6.61 Å². The molecule has 0 bridgehead atoms. The molecule has 2 aliphatic carbocycles. The largest absolute Gasteiger partial charge is 0.490 e. The van der Waals surface area contributed by atoms with Crippen LogP contribution in [0.15, 0.2) is 28.7 Å². The van der Waals surface area contributed by atoms with E-state index in [4.69, 9.17) is 13.9 Å². The standard InChI is InChI=1S/C26H30F2O3/c1-2-16-7-9-17(10-8-16)15-29-21-13-11-19-20-12-14-22(30-18-5-3-4-6-18)24(28)26(20)31-25(19)23(21)27/h11-14,16-18H,2-10,15H2,1H3. The van der Waals surface area contributed by atoms with E-state index >= 15 is 8.78 Å². The highest BCUT2D eigenvalue weighted by Gasteiger charge is 2.24. The second kappa shape index (κ2) is 8.68. The molecule has 0 atom stereocenters. The number of hydrogen-bond acceptors (Lipinski definition) is 3. The molecule has 5 rings (SSSR count). The summed E-state index contributed by atoms with van der Waals surface area (Å²) in [6.07, 6.45) is 10.1. The van der Waals surface area contributed by atoms with Crippen LogP contribution in [0.4, 0.5) is 8.78 Å². The summed E-state index contributed by atoms with van der Waals surface area (Å²) in [6.45, 7) is 2.75. The van der Waals surface area contributed by atoms with Gasteiger partial charge in [0.05, 0.1) is 12.7 Å². The highest BCUT2D eigenvalue weighted by Crippen LogP contribution is 2.39. The third-order valence-electron chi connectivity index (χ3n) is 7.23. The van der Waals surface area contributed by atoms with Gasteiger partial charge < -0.3 is 13.9 Å². The fraction of sp³-hybridized carbons (Fsp3) is 0.538. The maximum atomic E-state index is 15.2. The first kappa shape index (κ1) is 20.6. The molecule has 0 radical (unpaired) electrons. The summed E-state index contributed by atoms with van der Waals surface area (Å²) in [7, 11) is 0. The summed E-state index contributed by atoms with van der Waals surface area (Å²) in [5.74, 6) is 0.507. The Morgan fingerprint density at radius 2 is 1.39 bits per heavy atom. The first-order valence-corrected chi connectivity index (χ1v) is 11.8. The molecule has 0 N–H and O–H groups in total. The molecule has 0 spiro atoms. The lowest BCUT2D eigenvalue weighted by Crippen LogP contribution is -2.20. The monoisotopic (exact) mass is 428 g/mol. The number of benzene rings is 2. The number of hydrogen-bond donors (Lipinski definition) is 0. The summed E-state index contributed by atoms with van der Waals surface area (Å²) >= 11 is 0. The van der Waals surface area contributed by atoms with Crippen molar-refractivity contribution in [1.82, 2.24) is 0 Å². The molecule has 0 saturated heterocycles. The van der Waals surface area contributed by atoms with Crippen molar-refractivity contribution >= 4 is 21.9 Å². The van der Waals surface area contributed by atoms with Gasteiger partial charge >= 0.3 is 0 Å². The van der Waals surface area contributed by atoms with Crippen LogP contribution in [0.5, 0.6) is 11.5 Å². The number of rotatable bonds is 6. The molecule has 5 heteroatoms. The molecule has 3 nitrogen and oxygen atoms in total. The van der Waals surface area contributed by atoms with E-state index in [1.807, 2.05) is 0 Å². The quantitative estimate of drug-likeness (QED) is 0.402. The average molecular weight is 429 g/mol. The minimum absolute atomic E-state index is 0.0408. The molecule has 0 aliphatic heterocycles. The summed E-state index contributed by atoms with van der Waals surface area (Å²) in [4.78, 5) is 0. The maximum absolute atomic E-state index is 15.2. The molecule has 0 unspecified atom stereocenters. The van der Waals surface area contributed by atoms with Crippen LogP contribution in [0.2, 0.25) is 0 Å². The smallest absolute Gasteiger partial charge is 0.208 e. The van der Waals surface area contributed by atoms with Crippen LogP contribution >= 0.6 is 0 Å².